The maximum absolute atomic E-state index is 13.2. The molecule has 2 aromatic rings. The summed E-state index contributed by atoms with van der Waals surface area (Å²) >= 11 is 0. The molecule has 2 aromatic heterocycles. The lowest BCUT2D eigenvalue weighted by molar-refractivity contribution is -0.134. The first-order chi connectivity index (χ1) is 13.3. The zero-order chi connectivity index (χ0) is 18.6. The second kappa shape index (κ2) is 8.19. The molecule has 0 aliphatic carbocycles. The molecule has 2 aliphatic rings. The minimum absolute atomic E-state index is 0.189. The Hall–Kier alpha value is -2.25. The van der Waals surface area contributed by atoms with Crippen LogP contribution in [-0.2, 0) is 17.9 Å². The predicted octanol–water partition coefficient (Wildman–Crippen LogP) is 2.34. The van der Waals surface area contributed by atoms with Crippen LogP contribution in [-0.4, -0.2) is 53.7 Å². The second-order valence-electron chi connectivity index (χ2n) is 7.74. The molecule has 0 bridgehead atoms. The number of hydrogen-bond acceptors (Lipinski definition) is 5. The molecule has 1 amide bonds. The molecule has 0 radical (unpaired) electrons. The lowest BCUT2D eigenvalue weighted by atomic mass is 9.93. The number of imidazole rings is 1. The highest BCUT2D eigenvalue weighted by Crippen LogP contribution is 2.31. The van der Waals surface area contributed by atoms with Gasteiger partial charge < -0.3 is 9.47 Å². The average molecular weight is 371 g/mol. The first kappa shape index (κ1) is 18.1. The molecule has 4 rings (SSSR count). The number of carbonyl (C=O) groups excluding carboxylic acids is 1. The van der Waals surface area contributed by atoms with E-state index in [-0.39, 0.29) is 11.8 Å². The Morgan fingerprint density at radius 3 is 2.81 bits per heavy atom. The maximum atomic E-state index is 13.2. The topological polar surface area (TPSA) is 81.7 Å². The van der Waals surface area contributed by atoms with Crippen molar-refractivity contribution in [1.29, 1.82) is 0 Å². The smallest absolute Gasteiger partial charge is 0.233 e. The van der Waals surface area contributed by atoms with Crippen molar-refractivity contribution >= 4 is 5.91 Å². The van der Waals surface area contributed by atoms with Gasteiger partial charge in [-0.1, -0.05) is 19.8 Å². The fourth-order valence-electron chi connectivity index (χ4n) is 4.37. The number of likely N-dealkylation sites (tertiary alicyclic amines) is 1. The number of hydrogen-bond donors (Lipinski definition) is 0. The summed E-state index contributed by atoms with van der Waals surface area (Å²) in [5, 5.41) is 12.0. The van der Waals surface area contributed by atoms with Crippen LogP contribution in [0, 0.1) is 0 Å². The fraction of sp³-hybridized carbons (Fsp3) is 0.737. The maximum Gasteiger partial charge on any atom is 0.233 e. The molecule has 1 fully saturated rings. The summed E-state index contributed by atoms with van der Waals surface area (Å²) in [5.74, 6) is 2.38. The Kier molecular flexibility index (Phi) is 5.50. The minimum Gasteiger partial charge on any atom is -0.342 e. The SMILES string of the molecule is CCCCn1ccnc1C1CCN(C(=O)[C@H]2CCCCn3nnnc32)CC1. The Bertz CT molecular complexity index is 760. The van der Waals surface area contributed by atoms with E-state index in [0.29, 0.717) is 5.92 Å². The highest BCUT2D eigenvalue weighted by atomic mass is 16.2. The molecular formula is C19H29N7O. The number of amides is 1. The molecule has 2 aliphatic heterocycles. The summed E-state index contributed by atoms with van der Waals surface area (Å²) < 4.78 is 4.11. The van der Waals surface area contributed by atoms with Crippen molar-refractivity contribution in [2.45, 2.75) is 76.8 Å². The van der Waals surface area contributed by atoms with Crippen molar-refractivity contribution in [3.05, 3.63) is 24.0 Å². The number of piperidine rings is 1. The van der Waals surface area contributed by atoms with E-state index in [4.69, 9.17) is 0 Å². The van der Waals surface area contributed by atoms with Gasteiger partial charge in [0.05, 0.1) is 5.92 Å². The van der Waals surface area contributed by atoms with Crippen molar-refractivity contribution in [3.8, 4) is 0 Å². The van der Waals surface area contributed by atoms with E-state index in [1.807, 2.05) is 15.8 Å². The van der Waals surface area contributed by atoms with Crippen LogP contribution >= 0.6 is 0 Å². The molecule has 0 unspecified atom stereocenters. The summed E-state index contributed by atoms with van der Waals surface area (Å²) in [6.07, 6.45) is 11.2. The number of unbranched alkanes of at least 4 members (excludes halogenated alkanes) is 1. The Morgan fingerprint density at radius 2 is 2.00 bits per heavy atom. The molecule has 27 heavy (non-hydrogen) atoms. The van der Waals surface area contributed by atoms with Crippen molar-refractivity contribution in [1.82, 2.24) is 34.7 Å². The average Bonchev–Trinajstić information content (AvgIpc) is 3.32. The molecule has 1 saturated heterocycles. The van der Waals surface area contributed by atoms with Gasteiger partial charge in [-0.3, -0.25) is 4.79 Å². The van der Waals surface area contributed by atoms with Gasteiger partial charge >= 0.3 is 0 Å². The zero-order valence-corrected chi connectivity index (χ0v) is 16.1. The summed E-state index contributed by atoms with van der Waals surface area (Å²) in [7, 11) is 0. The lowest BCUT2D eigenvalue weighted by Gasteiger charge is -2.33. The van der Waals surface area contributed by atoms with Crippen LogP contribution in [0.5, 0.6) is 0 Å². The number of nitrogens with zero attached hydrogens (tertiary/aromatic N) is 7. The molecule has 1 atom stereocenters. The van der Waals surface area contributed by atoms with E-state index in [9.17, 15) is 4.79 Å². The number of fused-ring (bicyclic) bond motifs is 1. The molecule has 8 heteroatoms. The van der Waals surface area contributed by atoms with Gasteiger partial charge in [-0.05, 0) is 42.5 Å². The van der Waals surface area contributed by atoms with Crippen LogP contribution in [0.15, 0.2) is 12.4 Å². The molecule has 0 aromatic carbocycles. The van der Waals surface area contributed by atoms with Gasteiger partial charge in [-0.25, -0.2) is 9.67 Å². The van der Waals surface area contributed by atoms with Gasteiger partial charge in [-0.2, -0.15) is 0 Å². The Labute approximate surface area is 159 Å². The first-order valence-corrected chi connectivity index (χ1v) is 10.3. The number of aryl methyl sites for hydroxylation is 2. The molecule has 0 saturated carbocycles. The lowest BCUT2D eigenvalue weighted by Crippen LogP contribution is -2.41. The van der Waals surface area contributed by atoms with Crippen molar-refractivity contribution < 1.29 is 4.79 Å². The summed E-state index contributed by atoms with van der Waals surface area (Å²) in [6, 6.07) is 0. The minimum atomic E-state index is -0.189. The van der Waals surface area contributed by atoms with Gasteiger partial charge in [0.2, 0.25) is 5.91 Å². The van der Waals surface area contributed by atoms with Crippen LogP contribution < -0.4 is 0 Å². The number of rotatable bonds is 5. The Balaban J connectivity index is 1.40. The van der Waals surface area contributed by atoms with E-state index in [1.54, 1.807) is 0 Å². The van der Waals surface area contributed by atoms with E-state index in [1.165, 1.54) is 18.7 Å². The van der Waals surface area contributed by atoms with Crippen LogP contribution in [0.1, 0.15) is 75.4 Å². The standard InChI is InChI=1S/C19H29N7O/c1-2-3-10-24-14-9-20-17(24)15-7-12-25(13-8-15)19(27)16-6-4-5-11-26-18(16)21-22-23-26/h9,14-16H,2-8,10-13H2,1H3/t16-/m0/s1. The van der Waals surface area contributed by atoms with Crippen molar-refractivity contribution in [2.75, 3.05) is 13.1 Å². The van der Waals surface area contributed by atoms with E-state index >= 15 is 0 Å². The molecule has 8 nitrogen and oxygen atoms in total. The van der Waals surface area contributed by atoms with Crippen LogP contribution in [0.25, 0.3) is 0 Å². The summed E-state index contributed by atoms with van der Waals surface area (Å²) in [6.45, 7) is 5.65. The first-order valence-electron chi connectivity index (χ1n) is 10.3. The quantitative estimate of drug-likeness (QED) is 0.806. The number of tetrazole rings is 1. The van der Waals surface area contributed by atoms with E-state index < -0.39 is 0 Å². The third-order valence-electron chi connectivity index (χ3n) is 5.95. The molecule has 146 valence electrons. The highest BCUT2D eigenvalue weighted by molar-refractivity contribution is 5.83. The molecule has 0 N–H and O–H groups in total. The van der Waals surface area contributed by atoms with Gasteiger partial charge in [0.1, 0.15) is 5.82 Å². The van der Waals surface area contributed by atoms with E-state index in [2.05, 4.69) is 38.2 Å². The largest absolute Gasteiger partial charge is 0.342 e. The summed E-state index contributed by atoms with van der Waals surface area (Å²) in [4.78, 5) is 19.8. The predicted molar refractivity (Wildman–Crippen MR) is 100 cm³/mol. The molecule has 0 spiro atoms. The Morgan fingerprint density at radius 1 is 1.15 bits per heavy atom. The van der Waals surface area contributed by atoms with Crippen LogP contribution in [0.2, 0.25) is 0 Å². The highest BCUT2D eigenvalue weighted by Gasteiger charge is 2.34. The van der Waals surface area contributed by atoms with Gasteiger partial charge in [0, 0.05) is 44.5 Å². The zero-order valence-electron chi connectivity index (χ0n) is 16.1. The fourth-order valence-corrected chi connectivity index (χ4v) is 4.37. The van der Waals surface area contributed by atoms with Gasteiger partial charge in [-0.15, -0.1) is 5.10 Å². The van der Waals surface area contributed by atoms with Gasteiger partial charge in [0.25, 0.3) is 0 Å². The number of aromatic nitrogens is 6. The van der Waals surface area contributed by atoms with Crippen molar-refractivity contribution in [3.63, 3.8) is 0 Å². The monoisotopic (exact) mass is 371 g/mol. The molecule has 4 heterocycles. The van der Waals surface area contributed by atoms with Gasteiger partial charge in [0.15, 0.2) is 5.82 Å². The number of carbonyl (C=O) groups is 1. The normalized spacial score (nSPS) is 21.1. The third kappa shape index (κ3) is 3.75. The second-order valence-corrected chi connectivity index (χ2v) is 7.74. The van der Waals surface area contributed by atoms with E-state index in [0.717, 1.165) is 64.1 Å². The third-order valence-corrected chi connectivity index (χ3v) is 5.95. The van der Waals surface area contributed by atoms with Crippen LogP contribution in [0.3, 0.4) is 0 Å². The molecular weight excluding hydrogens is 342 g/mol. The van der Waals surface area contributed by atoms with Crippen molar-refractivity contribution in [2.24, 2.45) is 0 Å². The summed E-state index contributed by atoms with van der Waals surface area (Å²) in [5.41, 5.74) is 0. The van der Waals surface area contributed by atoms with Crippen LogP contribution in [0.4, 0.5) is 0 Å².